The van der Waals surface area contributed by atoms with Gasteiger partial charge in [-0.25, -0.2) is 14.2 Å². The zero-order valence-corrected chi connectivity index (χ0v) is 12.6. The number of carbonyl (C=O) groups is 1. The highest BCUT2D eigenvalue weighted by atomic mass is 79.9. The van der Waals surface area contributed by atoms with Gasteiger partial charge in [0.1, 0.15) is 11.4 Å². The summed E-state index contributed by atoms with van der Waals surface area (Å²) >= 11 is 3.16. The van der Waals surface area contributed by atoms with Crippen LogP contribution in [0, 0.1) is 5.82 Å². The number of hydrogen-bond donors (Lipinski definition) is 2. The molecule has 0 amide bonds. The second-order valence-corrected chi connectivity index (χ2v) is 4.97. The van der Waals surface area contributed by atoms with Crippen molar-refractivity contribution >= 4 is 33.4 Å². The molecule has 0 saturated heterocycles. The van der Waals surface area contributed by atoms with Gasteiger partial charge in [0.2, 0.25) is 0 Å². The molecule has 2 N–H and O–H groups in total. The molecular weight excluding hydrogens is 343 g/mol. The van der Waals surface area contributed by atoms with E-state index in [1.807, 2.05) is 0 Å². The van der Waals surface area contributed by atoms with Gasteiger partial charge in [0.25, 0.3) is 0 Å². The highest BCUT2D eigenvalue weighted by molar-refractivity contribution is 9.10. The highest BCUT2D eigenvalue weighted by Crippen LogP contribution is 2.25. The number of benzene rings is 1. The third kappa shape index (κ3) is 3.69. The second kappa shape index (κ2) is 6.53. The fourth-order valence-corrected chi connectivity index (χ4v) is 2.02. The first-order chi connectivity index (χ1) is 10.0. The van der Waals surface area contributed by atoms with Crippen LogP contribution in [0.15, 0.2) is 34.9 Å². The number of carboxylic acids is 1. The van der Waals surface area contributed by atoms with Crippen LogP contribution < -0.4 is 10.1 Å². The minimum absolute atomic E-state index is 0.0151. The monoisotopic (exact) mass is 354 g/mol. The summed E-state index contributed by atoms with van der Waals surface area (Å²) in [5, 5.41) is 11.9. The Labute approximate surface area is 128 Å². The van der Waals surface area contributed by atoms with Gasteiger partial charge in [0.05, 0.1) is 6.61 Å². The first kappa shape index (κ1) is 15.2. The summed E-state index contributed by atoms with van der Waals surface area (Å²) in [5.41, 5.74) is 0.368. The van der Waals surface area contributed by atoms with Gasteiger partial charge in [-0.05, 0) is 41.1 Å². The summed E-state index contributed by atoms with van der Waals surface area (Å²) in [6.45, 7) is 2.12. The zero-order valence-electron chi connectivity index (χ0n) is 11.1. The molecule has 5 nitrogen and oxygen atoms in total. The molecule has 0 aliphatic heterocycles. The fraction of sp³-hybridized carbons (Fsp3) is 0.143. The molecule has 21 heavy (non-hydrogen) atoms. The molecule has 0 atom stereocenters. The standard InChI is InChI=1S/C14H12BrFN2O3/c1-2-21-12-4-3-9(6-11(12)16)18-13-10(14(19)20)5-8(15)7-17-13/h3-7H,2H2,1H3,(H,17,18)(H,19,20). The van der Waals surface area contributed by atoms with Gasteiger partial charge in [0, 0.05) is 22.4 Å². The molecule has 2 rings (SSSR count). The Hall–Kier alpha value is -2.15. The fourth-order valence-electron chi connectivity index (χ4n) is 1.69. The van der Waals surface area contributed by atoms with Gasteiger partial charge in [0.15, 0.2) is 11.6 Å². The van der Waals surface area contributed by atoms with Gasteiger partial charge >= 0.3 is 5.97 Å². The van der Waals surface area contributed by atoms with Crippen LogP contribution >= 0.6 is 15.9 Å². The zero-order chi connectivity index (χ0) is 15.4. The summed E-state index contributed by atoms with van der Waals surface area (Å²) in [6, 6.07) is 5.70. The SMILES string of the molecule is CCOc1ccc(Nc2ncc(Br)cc2C(=O)O)cc1F. The van der Waals surface area contributed by atoms with Gasteiger partial charge in [-0.1, -0.05) is 0 Å². The van der Waals surface area contributed by atoms with E-state index in [9.17, 15) is 9.18 Å². The molecule has 2 aromatic rings. The molecule has 1 aromatic carbocycles. The predicted octanol–water partition coefficient (Wildman–Crippen LogP) is 3.82. The van der Waals surface area contributed by atoms with E-state index in [1.165, 1.54) is 24.4 Å². The third-order valence-corrected chi connectivity index (χ3v) is 3.01. The molecule has 7 heteroatoms. The van der Waals surface area contributed by atoms with Crippen LogP contribution in [-0.4, -0.2) is 22.7 Å². The average Bonchev–Trinajstić information content (AvgIpc) is 2.44. The van der Waals surface area contributed by atoms with E-state index in [0.717, 1.165) is 0 Å². The Morgan fingerprint density at radius 1 is 1.48 bits per heavy atom. The van der Waals surface area contributed by atoms with Gasteiger partial charge in [-0.15, -0.1) is 0 Å². The van der Waals surface area contributed by atoms with Crippen molar-refractivity contribution in [1.82, 2.24) is 4.98 Å². The summed E-state index contributed by atoms with van der Waals surface area (Å²) in [5.74, 6) is -1.38. The maximum absolute atomic E-state index is 13.8. The van der Waals surface area contributed by atoms with Crippen molar-refractivity contribution in [2.75, 3.05) is 11.9 Å². The minimum Gasteiger partial charge on any atom is -0.491 e. The molecule has 0 saturated carbocycles. The minimum atomic E-state index is -1.13. The second-order valence-electron chi connectivity index (χ2n) is 4.06. The third-order valence-electron chi connectivity index (χ3n) is 2.58. The van der Waals surface area contributed by atoms with Crippen LogP contribution in [0.25, 0.3) is 0 Å². The Balaban J connectivity index is 2.30. The van der Waals surface area contributed by atoms with Crippen molar-refractivity contribution in [3.63, 3.8) is 0 Å². The molecule has 0 radical (unpaired) electrons. The van der Waals surface area contributed by atoms with E-state index < -0.39 is 11.8 Å². The van der Waals surface area contributed by atoms with Crippen LogP contribution in [-0.2, 0) is 0 Å². The van der Waals surface area contributed by atoms with Crippen LogP contribution in [0.5, 0.6) is 5.75 Å². The van der Waals surface area contributed by atoms with Gasteiger partial charge in [-0.2, -0.15) is 0 Å². The lowest BCUT2D eigenvalue weighted by atomic mass is 10.2. The van der Waals surface area contributed by atoms with Crippen molar-refractivity contribution in [2.24, 2.45) is 0 Å². The molecule has 0 fully saturated rings. The molecule has 0 bridgehead atoms. The van der Waals surface area contributed by atoms with Crippen LogP contribution in [0.3, 0.4) is 0 Å². The van der Waals surface area contributed by atoms with E-state index in [0.29, 0.717) is 16.8 Å². The summed E-state index contributed by atoms with van der Waals surface area (Å²) in [7, 11) is 0. The molecular formula is C14H12BrFN2O3. The van der Waals surface area contributed by atoms with E-state index >= 15 is 0 Å². The Kier molecular flexibility index (Phi) is 4.74. The number of ether oxygens (including phenoxy) is 1. The number of anilines is 2. The average molecular weight is 355 g/mol. The summed E-state index contributed by atoms with van der Waals surface area (Å²) in [6.07, 6.45) is 1.46. The van der Waals surface area contributed by atoms with Crippen molar-refractivity contribution in [2.45, 2.75) is 6.92 Å². The highest BCUT2D eigenvalue weighted by Gasteiger charge is 2.13. The molecule has 1 aromatic heterocycles. The Bertz CT molecular complexity index is 679. The maximum Gasteiger partial charge on any atom is 0.339 e. The maximum atomic E-state index is 13.8. The predicted molar refractivity (Wildman–Crippen MR) is 79.7 cm³/mol. The molecule has 0 aliphatic rings. The molecule has 0 spiro atoms. The van der Waals surface area contributed by atoms with Crippen LogP contribution in [0.4, 0.5) is 15.9 Å². The molecule has 0 unspecified atom stereocenters. The van der Waals surface area contributed by atoms with E-state index in [-0.39, 0.29) is 17.1 Å². The quantitative estimate of drug-likeness (QED) is 0.853. The van der Waals surface area contributed by atoms with Crippen molar-refractivity contribution in [1.29, 1.82) is 0 Å². The van der Waals surface area contributed by atoms with Crippen LogP contribution in [0.2, 0.25) is 0 Å². The first-order valence-corrected chi connectivity index (χ1v) is 6.88. The van der Waals surface area contributed by atoms with E-state index in [4.69, 9.17) is 9.84 Å². The topological polar surface area (TPSA) is 71.5 Å². The van der Waals surface area contributed by atoms with Crippen molar-refractivity contribution in [3.8, 4) is 5.75 Å². The van der Waals surface area contributed by atoms with Crippen molar-refractivity contribution in [3.05, 3.63) is 46.3 Å². The summed E-state index contributed by atoms with van der Waals surface area (Å²) in [4.78, 5) is 15.2. The number of rotatable bonds is 5. The smallest absolute Gasteiger partial charge is 0.339 e. The number of halogens is 2. The molecule has 1 heterocycles. The van der Waals surface area contributed by atoms with Crippen LogP contribution in [0.1, 0.15) is 17.3 Å². The lowest BCUT2D eigenvalue weighted by Crippen LogP contribution is -2.05. The number of hydrogen-bond acceptors (Lipinski definition) is 4. The Morgan fingerprint density at radius 3 is 2.86 bits per heavy atom. The molecule has 0 aliphatic carbocycles. The number of nitrogens with one attached hydrogen (secondary N) is 1. The van der Waals surface area contributed by atoms with Gasteiger partial charge < -0.3 is 15.2 Å². The van der Waals surface area contributed by atoms with Crippen molar-refractivity contribution < 1.29 is 19.0 Å². The number of pyridine rings is 1. The Morgan fingerprint density at radius 2 is 2.24 bits per heavy atom. The number of carboxylic acid groups (broad SMARTS) is 1. The van der Waals surface area contributed by atoms with E-state index in [1.54, 1.807) is 13.0 Å². The van der Waals surface area contributed by atoms with Gasteiger partial charge in [-0.3, -0.25) is 0 Å². The lowest BCUT2D eigenvalue weighted by molar-refractivity contribution is 0.0697. The summed E-state index contributed by atoms with van der Waals surface area (Å²) < 4.78 is 19.4. The number of aromatic carboxylic acids is 1. The first-order valence-electron chi connectivity index (χ1n) is 6.09. The normalized spacial score (nSPS) is 10.2. The lowest BCUT2D eigenvalue weighted by Gasteiger charge is -2.10. The van der Waals surface area contributed by atoms with E-state index in [2.05, 4.69) is 26.2 Å². The molecule has 110 valence electrons. The number of nitrogens with zero attached hydrogens (tertiary/aromatic N) is 1. The largest absolute Gasteiger partial charge is 0.491 e. The number of aromatic nitrogens is 1.